The van der Waals surface area contributed by atoms with Crippen LogP contribution in [0.4, 0.5) is 0 Å². The molecule has 2 rings (SSSR count). The lowest BCUT2D eigenvalue weighted by Crippen LogP contribution is -2.39. The predicted molar refractivity (Wildman–Crippen MR) is 55.5 cm³/mol. The van der Waals surface area contributed by atoms with E-state index in [9.17, 15) is 0 Å². The standard InChI is InChI=1S/C11H16N2O/c1-3-12-8(2)11-7-9-10(14-11)5-4-6-13-9/h4-6,8,11-12H,3,7H2,1-2H3. The third-order valence-electron chi connectivity index (χ3n) is 2.61. The Balaban J connectivity index is 2.04. The summed E-state index contributed by atoms with van der Waals surface area (Å²) in [5.74, 6) is 0.947. The van der Waals surface area contributed by atoms with Crippen LogP contribution in [0.1, 0.15) is 19.5 Å². The molecule has 0 spiro atoms. The molecule has 0 bridgehead atoms. The van der Waals surface area contributed by atoms with Crippen molar-refractivity contribution in [3.8, 4) is 5.75 Å². The number of ether oxygens (including phenoxy) is 1. The number of rotatable bonds is 3. The highest BCUT2D eigenvalue weighted by molar-refractivity contribution is 5.31. The number of fused-ring (bicyclic) bond motifs is 1. The molecule has 0 aromatic carbocycles. The molecule has 0 radical (unpaired) electrons. The lowest BCUT2D eigenvalue weighted by molar-refractivity contribution is 0.187. The van der Waals surface area contributed by atoms with Crippen molar-refractivity contribution in [2.75, 3.05) is 6.54 Å². The molecule has 0 aliphatic carbocycles. The topological polar surface area (TPSA) is 34.2 Å². The van der Waals surface area contributed by atoms with Crippen LogP contribution in [0.3, 0.4) is 0 Å². The highest BCUT2D eigenvalue weighted by Gasteiger charge is 2.27. The van der Waals surface area contributed by atoms with E-state index in [0.29, 0.717) is 6.04 Å². The van der Waals surface area contributed by atoms with Crippen molar-refractivity contribution in [1.82, 2.24) is 10.3 Å². The van der Waals surface area contributed by atoms with Crippen LogP contribution in [0.5, 0.6) is 5.75 Å². The molecule has 1 aromatic rings. The molecule has 0 saturated carbocycles. The van der Waals surface area contributed by atoms with Gasteiger partial charge in [-0.25, -0.2) is 0 Å². The van der Waals surface area contributed by atoms with Gasteiger partial charge in [0.2, 0.25) is 0 Å². The van der Waals surface area contributed by atoms with Crippen molar-refractivity contribution >= 4 is 0 Å². The largest absolute Gasteiger partial charge is 0.486 e. The molecule has 1 N–H and O–H groups in total. The van der Waals surface area contributed by atoms with Gasteiger partial charge < -0.3 is 10.1 Å². The molecule has 14 heavy (non-hydrogen) atoms. The molecule has 3 nitrogen and oxygen atoms in total. The third kappa shape index (κ3) is 1.73. The van der Waals surface area contributed by atoms with E-state index in [1.165, 1.54) is 0 Å². The molecule has 1 aliphatic rings. The zero-order valence-electron chi connectivity index (χ0n) is 8.66. The van der Waals surface area contributed by atoms with E-state index in [0.717, 1.165) is 24.4 Å². The summed E-state index contributed by atoms with van der Waals surface area (Å²) in [7, 11) is 0. The zero-order valence-corrected chi connectivity index (χ0v) is 8.66. The number of hydrogen-bond donors (Lipinski definition) is 1. The summed E-state index contributed by atoms with van der Waals surface area (Å²) in [6.45, 7) is 5.24. The maximum atomic E-state index is 5.80. The van der Waals surface area contributed by atoms with E-state index in [4.69, 9.17) is 4.74 Å². The Bertz CT molecular complexity index is 289. The molecule has 0 saturated heterocycles. The first-order chi connectivity index (χ1) is 6.81. The fourth-order valence-electron chi connectivity index (χ4n) is 1.81. The number of nitrogens with zero attached hydrogens (tertiary/aromatic N) is 1. The van der Waals surface area contributed by atoms with Crippen molar-refractivity contribution in [2.45, 2.75) is 32.4 Å². The smallest absolute Gasteiger partial charge is 0.141 e. The Kier molecular flexibility index (Phi) is 2.68. The van der Waals surface area contributed by atoms with Crippen LogP contribution in [0.2, 0.25) is 0 Å². The van der Waals surface area contributed by atoms with Gasteiger partial charge in [-0.15, -0.1) is 0 Å². The predicted octanol–water partition coefficient (Wildman–Crippen LogP) is 1.38. The summed E-state index contributed by atoms with van der Waals surface area (Å²) in [6.07, 6.45) is 2.98. The van der Waals surface area contributed by atoms with Gasteiger partial charge >= 0.3 is 0 Å². The number of likely N-dealkylation sites (N-methyl/N-ethyl adjacent to an activating group) is 1. The zero-order chi connectivity index (χ0) is 9.97. The Hall–Kier alpha value is -1.09. The van der Waals surface area contributed by atoms with E-state index >= 15 is 0 Å². The van der Waals surface area contributed by atoms with Gasteiger partial charge in [0.05, 0.1) is 5.69 Å². The number of aromatic nitrogens is 1. The minimum Gasteiger partial charge on any atom is -0.486 e. The van der Waals surface area contributed by atoms with Gasteiger partial charge in [0.15, 0.2) is 0 Å². The van der Waals surface area contributed by atoms with E-state index in [1.807, 2.05) is 18.3 Å². The SMILES string of the molecule is CCNC(C)C1Cc2ncccc2O1. The summed E-state index contributed by atoms with van der Waals surface area (Å²) in [6, 6.07) is 4.29. The summed E-state index contributed by atoms with van der Waals surface area (Å²) in [5.41, 5.74) is 1.09. The van der Waals surface area contributed by atoms with Crippen LogP contribution in [0, 0.1) is 0 Å². The van der Waals surface area contributed by atoms with Gasteiger partial charge in [-0.2, -0.15) is 0 Å². The average molecular weight is 192 g/mol. The molecule has 2 unspecified atom stereocenters. The van der Waals surface area contributed by atoms with Crippen molar-refractivity contribution in [3.05, 3.63) is 24.0 Å². The summed E-state index contributed by atoms with van der Waals surface area (Å²) in [4.78, 5) is 4.30. The first-order valence-electron chi connectivity index (χ1n) is 5.15. The van der Waals surface area contributed by atoms with Gasteiger partial charge in [0.1, 0.15) is 11.9 Å². The van der Waals surface area contributed by atoms with E-state index in [2.05, 4.69) is 24.1 Å². The van der Waals surface area contributed by atoms with Gasteiger partial charge in [0, 0.05) is 18.7 Å². The second kappa shape index (κ2) is 3.96. The maximum absolute atomic E-state index is 5.80. The van der Waals surface area contributed by atoms with Gasteiger partial charge in [-0.3, -0.25) is 4.98 Å². The minimum absolute atomic E-state index is 0.236. The first-order valence-corrected chi connectivity index (χ1v) is 5.15. The van der Waals surface area contributed by atoms with Crippen LogP contribution < -0.4 is 10.1 Å². The molecule has 0 amide bonds. The van der Waals surface area contributed by atoms with E-state index in [-0.39, 0.29) is 6.10 Å². The van der Waals surface area contributed by atoms with Gasteiger partial charge in [-0.05, 0) is 25.6 Å². The minimum atomic E-state index is 0.236. The van der Waals surface area contributed by atoms with Crippen molar-refractivity contribution in [1.29, 1.82) is 0 Å². The van der Waals surface area contributed by atoms with Gasteiger partial charge in [0.25, 0.3) is 0 Å². The highest BCUT2D eigenvalue weighted by Crippen LogP contribution is 2.27. The van der Waals surface area contributed by atoms with E-state index in [1.54, 1.807) is 0 Å². The molecular weight excluding hydrogens is 176 g/mol. The van der Waals surface area contributed by atoms with Crippen molar-refractivity contribution in [2.24, 2.45) is 0 Å². The second-order valence-electron chi connectivity index (χ2n) is 3.66. The summed E-state index contributed by atoms with van der Waals surface area (Å²) < 4.78 is 5.80. The van der Waals surface area contributed by atoms with Crippen molar-refractivity contribution in [3.63, 3.8) is 0 Å². The lowest BCUT2D eigenvalue weighted by Gasteiger charge is -2.19. The van der Waals surface area contributed by atoms with Crippen LogP contribution in [0.25, 0.3) is 0 Å². The first kappa shape index (κ1) is 9.46. The fraction of sp³-hybridized carbons (Fsp3) is 0.545. The van der Waals surface area contributed by atoms with Crippen LogP contribution in [-0.2, 0) is 6.42 Å². The molecular formula is C11H16N2O. The number of hydrogen-bond acceptors (Lipinski definition) is 3. The molecule has 1 aromatic heterocycles. The second-order valence-corrected chi connectivity index (χ2v) is 3.66. The lowest BCUT2D eigenvalue weighted by atomic mass is 10.1. The Morgan fingerprint density at radius 2 is 2.57 bits per heavy atom. The Morgan fingerprint density at radius 3 is 3.29 bits per heavy atom. The summed E-state index contributed by atoms with van der Waals surface area (Å²) in [5, 5.41) is 3.37. The van der Waals surface area contributed by atoms with Crippen LogP contribution in [0.15, 0.2) is 18.3 Å². The number of pyridine rings is 1. The van der Waals surface area contributed by atoms with Crippen LogP contribution >= 0.6 is 0 Å². The highest BCUT2D eigenvalue weighted by atomic mass is 16.5. The van der Waals surface area contributed by atoms with Crippen molar-refractivity contribution < 1.29 is 4.74 Å². The third-order valence-corrected chi connectivity index (χ3v) is 2.61. The molecule has 0 fully saturated rings. The quantitative estimate of drug-likeness (QED) is 0.785. The molecule has 1 aliphatic heterocycles. The fourth-order valence-corrected chi connectivity index (χ4v) is 1.81. The Morgan fingerprint density at radius 1 is 1.71 bits per heavy atom. The molecule has 2 atom stereocenters. The average Bonchev–Trinajstić information content (AvgIpc) is 2.61. The maximum Gasteiger partial charge on any atom is 0.141 e. The number of nitrogens with one attached hydrogen (secondary N) is 1. The van der Waals surface area contributed by atoms with Gasteiger partial charge in [-0.1, -0.05) is 6.92 Å². The molecule has 3 heteroatoms. The Labute approximate surface area is 84.5 Å². The van der Waals surface area contributed by atoms with Crippen LogP contribution in [-0.4, -0.2) is 23.7 Å². The summed E-state index contributed by atoms with van der Waals surface area (Å²) >= 11 is 0. The molecule has 2 heterocycles. The molecule has 76 valence electrons. The van der Waals surface area contributed by atoms with E-state index < -0.39 is 0 Å². The monoisotopic (exact) mass is 192 g/mol. The normalized spacial score (nSPS) is 21.4.